The Morgan fingerprint density at radius 1 is 1.17 bits per heavy atom. The van der Waals surface area contributed by atoms with E-state index < -0.39 is 11.4 Å². The molecule has 0 atom stereocenters. The molecule has 0 aromatic carbocycles. The van der Waals surface area contributed by atoms with E-state index in [-0.39, 0.29) is 12.3 Å². The fourth-order valence-corrected chi connectivity index (χ4v) is 3.09. The Labute approximate surface area is 108 Å². The van der Waals surface area contributed by atoms with Gasteiger partial charge in [0.1, 0.15) is 0 Å². The van der Waals surface area contributed by atoms with Crippen LogP contribution < -0.4 is 5.32 Å². The van der Waals surface area contributed by atoms with Crippen molar-refractivity contribution in [2.24, 2.45) is 11.3 Å². The Hall–Kier alpha value is -1.06. The number of carbonyl (C=O) groups excluding carboxylic acids is 1. The fourth-order valence-electron chi connectivity index (χ4n) is 3.09. The van der Waals surface area contributed by atoms with Crippen LogP contribution >= 0.6 is 0 Å². The number of carbonyl (C=O) groups is 2. The topological polar surface area (TPSA) is 66.4 Å². The van der Waals surface area contributed by atoms with Crippen molar-refractivity contribution in [1.29, 1.82) is 0 Å². The van der Waals surface area contributed by atoms with Crippen molar-refractivity contribution in [1.82, 2.24) is 5.32 Å². The molecule has 0 heterocycles. The van der Waals surface area contributed by atoms with Crippen LogP contribution in [0.2, 0.25) is 0 Å². The van der Waals surface area contributed by atoms with E-state index in [1.54, 1.807) is 0 Å². The molecule has 0 radical (unpaired) electrons. The van der Waals surface area contributed by atoms with Gasteiger partial charge in [-0.2, -0.15) is 0 Å². The van der Waals surface area contributed by atoms with Crippen LogP contribution in [-0.4, -0.2) is 23.5 Å². The molecule has 2 fully saturated rings. The second-order valence-electron chi connectivity index (χ2n) is 5.90. The molecule has 1 amide bonds. The first-order chi connectivity index (χ1) is 8.62. The van der Waals surface area contributed by atoms with E-state index >= 15 is 0 Å². The number of hydrogen-bond acceptors (Lipinski definition) is 2. The van der Waals surface area contributed by atoms with Gasteiger partial charge in [0, 0.05) is 13.0 Å². The molecular formula is C14H23NO3. The van der Waals surface area contributed by atoms with Gasteiger partial charge in [0.25, 0.3) is 0 Å². The standard InChI is InChI=1S/C14H23NO3/c16-12(15-9-6-11-4-3-5-11)10-14(13(17)18)7-1-2-8-14/h11H,1-10H2,(H,15,16)(H,17,18). The Kier molecular flexibility index (Phi) is 4.25. The maximum atomic E-state index is 11.8. The van der Waals surface area contributed by atoms with E-state index in [9.17, 15) is 14.7 Å². The van der Waals surface area contributed by atoms with Gasteiger partial charge < -0.3 is 10.4 Å². The van der Waals surface area contributed by atoms with E-state index in [4.69, 9.17) is 0 Å². The van der Waals surface area contributed by atoms with Crippen molar-refractivity contribution in [3.05, 3.63) is 0 Å². The van der Waals surface area contributed by atoms with Crippen LogP contribution in [0.4, 0.5) is 0 Å². The van der Waals surface area contributed by atoms with Gasteiger partial charge in [-0.15, -0.1) is 0 Å². The van der Waals surface area contributed by atoms with E-state index in [2.05, 4.69) is 5.32 Å². The number of hydrogen-bond donors (Lipinski definition) is 2. The molecular weight excluding hydrogens is 230 g/mol. The first-order valence-corrected chi connectivity index (χ1v) is 7.12. The maximum Gasteiger partial charge on any atom is 0.310 e. The number of rotatable bonds is 6. The van der Waals surface area contributed by atoms with Crippen molar-refractivity contribution in [3.63, 3.8) is 0 Å². The number of carboxylic acids is 1. The highest BCUT2D eigenvalue weighted by molar-refractivity contribution is 5.85. The molecule has 2 rings (SSSR count). The Balaban J connectivity index is 1.72. The van der Waals surface area contributed by atoms with Crippen molar-refractivity contribution in [3.8, 4) is 0 Å². The lowest BCUT2D eigenvalue weighted by Gasteiger charge is -2.26. The van der Waals surface area contributed by atoms with Crippen LogP contribution in [0.15, 0.2) is 0 Å². The van der Waals surface area contributed by atoms with Crippen molar-refractivity contribution >= 4 is 11.9 Å². The summed E-state index contributed by atoms with van der Waals surface area (Å²) in [5.41, 5.74) is -0.777. The molecule has 0 aromatic heterocycles. The van der Waals surface area contributed by atoms with Gasteiger partial charge in [0.05, 0.1) is 5.41 Å². The molecule has 2 aliphatic rings. The van der Waals surface area contributed by atoms with Crippen LogP contribution in [0.25, 0.3) is 0 Å². The summed E-state index contributed by atoms with van der Waals surface area (Å²) in [6, 6.07) is 0. The first kappa shape index (κ1) is 13.4. The van der Waals surface area contributed by atoms with E-state index in [1.165, 1.54) is 19.3 Å². The Bertz CT molecular complexity index is 317. The minimum absolute atomic E-state index is 0.0846. The quantitative estimate of drug-likeness (QED) is 0.763. The highest BCUT2D eigenvalue weighted by Crippen LogP contribution is 2.41. The van der Waals surface area contributed by atoms with Gasteiger partial charge >= 0.3 is 5.97 Å². The maximum absolute atomic E-state index is 11.8. The Morgan fingerprint density at radius 2 is 1.83 bits per heavy atom. The summed E-state index contributed by atoms with van der Waals surface area (Å²) in [5.74, 6) is -0.0991. The fraction of sp³-hybridized carbons (Fsp3) is 0.857. The largest absolute Gasteiger partial charge is 0.481 e. The summed E-state index contributed by atoms with van der Waals surface area (Å²) in [6.07, 6.45) is 8.27. The van der Waals surface area contributed by atoms with Gasteiger partial charge in [-0.25, -0.2) is 0 Å². The minimum Gasteiger partial charge on any atom is -0.481 e. The molecule has 0 unspecified atom stereocenters. The SMILES string of the molecule is O=C(CC1(C(=O)O)CCCC1)NCCC1CCC1. The summed E-state index contributed by atoms with van der Waals surface area (Å²) in [4.78, 5) is 23.1. The molecule has 102 valence electrons. The highest BCUT2D eigenvalue weighted by Gasteiger charge is 2.42. The zero-order valence-corrected chi connectivity index (χ0v) is 10.9. The monoisotopic (exact) mass is 253 g/mol. The molecule has 0 bridgehead atoms. The van der Waals surface area contributed by atoms with E-state index in [0.717, 1.165) is 25.2 Å². The lowest BCUT2D eigenvalue weighted by molar-refractivity contribution is -0.151. The van der Waals surface area contributed by atoms with Gasteiger partial charge in [-0.3, -0.25) is 9.59 Å². The minimum atomic E-state index is -0.797. The smallest absolute Gasteiger partial charge is 0.310 e. The predicted molar refractivity (Wildman–Crippen MR) is 68.1 cm³/mol. The van der Waals surface area contributed by atoms with Gasteiger partial charge in [-0.1, -0.05) is 32.1 Å². The molecule has 0 saturated heterocycles. The summed E-state index contributed by atoms with van der Waals surface area (Å²) in [6.45, 7) is 0.708. The summed E-state index contributed by atoms with van der Waals surface area (Å²) in [5, 5.41) is 12.2. The summed E-state index contributed by atoms with van der Waals surface area (Å²) in [7, 11) is 0. The van der Waals surface area contributed by atoms with Gasteiger partial charge in [-0.05, 0) is 25.2 Å². The molecule has 4 heteroatoms. The van der Waals surface area contributed by atoms with Crippen LogP contribution in [0.1, 0.15) is 57.8 Å². The zero-order chi connectivity index (χ0) is 13.0. The number of carboxylic acid groups (broad SMARTS) is 1. The second kappa shape index (κ2) is 5.72. The average molecular weight is 253 g/mol. The number of amides is 1. The van der Waals surface area contributed by atoms with Crippen LogP contribution in [0.3, 0.4) is 0 Å². The second-order valence-corrected chi connectivity index (χ2v) is 5.90. The molecule has 2 saturated carbocycles. The van der Waals surface area contributed by atoms with Crippen molar-refractivity contribution in [2.45, 2.75) is 57.8 Å². The molecule has 0 aliphatic heterocycles. The third kappa shape index (κ3) is 3.03. The normalized spacial score (nSPS) is 22.4. The Morgan fingerprint density at radius 3 is 2.33 bits per heavy atom. The van der Waals surface area contributed by atoms with Crippen molar-refractivity contribution in [2.75, 3.05) is 6.54 Å². The first-order valence-electron chi connectivity index (χ1n) is 7.12. The van der Waals surface area contributed by atoms with Crippen LogP contribution in [0.5, 0.6) is 0 Å². The molecule has 0 spiro atoms. The highest BCUT2D eigenvalue weighted by atomic mass is 16.4. The van der Waals surface area contributed by atoms with Crippen LogP contribution in [-0.2, 0) is 9.59 Å². The van der Waals surface area contributed by atoms with E-state index in [0.29, 0.717) is 19.4 Å². The summed E-state index contributed by atoms with van der Waals surface area (Å²) < 4.78 is 0. The van der Waals surface area contributed by atoms with E-state index in [1.807, 2.05) is 0 Å². The molecule has 0 aromatic rings. The molecule has 18 heavy (non-hydrogen) atoms. The lowest BCUT2D eigenvalue weighted by Crippen LogP contribution is -2.36. The third-order valence-corrected chi connectivity index (χ3v) is 4.61. The van der Waals surface area contributed by atoms with Crippen LogP contribution in [0, 0.1) is 11.3 Å². The van der Waals surface area contributed by atoms with Gasteiger partial charge in [0.2, 0.25) is 5.91 Å². The zero-order valence-electron chi connectivity index (χ0n) is 10.9. The number of aliphatic carboxylic acids is 1. The predicted octanol–water partition coefficient (Wildman–Crippen LogP) is 2.33. The average Bonchev–Trinajstić information content (AvgIpc) is 2.71. The van der Waals surface area contributed by atoms with Crippen molar-refractivity contribution < 1.29 is 14.7 Å². The molecule has 4 nitrogen and oxygen atoms in total. The van der Waals surface area contributed by atoms with Gasteiger partial charge in [0.15, 0.2) is 0 Å². The molecule has 2 N–H and O–H groups in total. The summed E-state index contributed by atoms with van der Waals surface area (Å²) >= 11 is 0. The third-order valence-electron chi connectivity index (χ3n) is 4.61. The lowest BCUT2D eigenvalue weighted by atomic mass is 9.82. The number of nitrogens with one attached hydrogen (secondary N) is 1. The molecule has 2 aliphatic carbocycles.